The summed E-state index contributed by atoms with van der Waals surface area (Å²) in [6.07, 6.45) is 1.67. The highest BCUT2D eigenvalue weighted by Crippen LogP contribution is 2.35. The molecule has 140 valence electrons. The van der Waals surface area contributed by atoms with Gasteiger partial charge in [0, 0.05) is 7.05 Å². The Morgan fingerprint density at radius 2 is 2.04 bits per heavy atom. The number of carbonyl (C=O) groups excluding carboxylic acids is 2. The Morgan fingerprint density at radius 3 is 2.62 bits per heavy atom. The third-order valence-corrected chi connectivity index (χ3v) is 4.99. The van der Waals surface area contributed by atoms with Crippen LogP contribution >= 0.6 is 34.8 Å². The fourth-order valence-corrected chi connectivity index (χ4v) is 3.44. The van der Waals surface area contributed by atoms with Crippen molar-refractivity contribution in [3.63, 3.8) is 0 Å². The molecule has 1 aliphatic heterocycles. The van der Waals surface area contributed by atoms with Crippen LogP contribution in [0.25, 0.3) is 6.08 Å². The smallest absolute Gasteiger partial charge is 0.325 e. The zero-order valence-electron chi connectivity index (χ0n) is 14.9. The monoisotopic (exact) mass is 490 g/mol. The Balaban J connectivity index is 2.48. The predicted octanol–water partition coefficient (Wildman–Crippen LogP) is 2.27. The van der Waals surface area contributed by atoms with E-state index in [2.05, 4.69) is 22.6 Å². The van der Waals surface area contributed by atoms with Crippen LogP contribution in [0, 0.1) is 3.57 Å². The average molecular weight is 490 g/mol. The molecule has 0 aromatic heterocycles. The standard InChI is InChI=1S/C17H19IN2O5S/c1-5-25-15-11(18)6-10(8-13(15)23-3)7-12-16(22)19(2)17(26)20(12)9-14(21)24-4/h6-8H,5,9H2,1-4H3. The number of hydrogen-bond acceptors (Lipinski definition) is 6. The molecule has 0 saturated carbocycles. The normalized spacial score (nSPS) is 15.7. The summed E-state index contributed by atoms with van der Waals surface area (Å²) in [5.74, 6) is 0.433. The second kappa shape index (κ2) is 8.67. The number of rotatable bonds is 6. The lowest BCUT2D eigenvalue weighted by Crippen LogP contribution is -2.33. The van der Waals surface area contributed by atoms with E-state index in [1.54, 1.807) is 26.3 Å². The van der Waals surface area contributed by atoms with E-state index in [1.165, 1.54) is 16.9 Å². The molecule has 0 radical (unpaired) electrons. The summed E-state index contributed by atoms with van der Waals surface area (Å²) in [6, 6.07) is 3.64. The summed E-state index contributed by atoms with van der Waals surface area (Å²) < 4.78 is 16.5. The molecule has 26 heavy (non-hydrogen) atoms. The maximum atomic E-state index is 12.5. The molecule has 1 saturated heterocycles. The van der Waals surface area contributed by atoms with Crippen molar-refractivity contribution in [3.05, 3.63) is 27.0 Å². The fourth-order valence-electron chi connectivity index (χ4n) is 2.41. The van der Waals surface area contributed by atoms with E-state index in [1.807, 2.05) is 13.0 Å². The quantitative estimate of drug-likeness (QED) is 0.262. The second-order valence-corrected chi connectivity index (χ2v) is 6.83. The van der Waals surface area contributed by atoms with Crippen molar-refractivity contribution in [3.8, 4) is 11.5 Å². The molecule has 0 aliphatic carbocycles. The van der Waals surface area contributed by atoms with Crippen LogP contribution in [0.5, 0.6) is 11.5 Å². The highest BCUT2D eigenvalue weighted by atomic mass is 127. The molecule has 2 rings (SSSR count). The largest absolute Gasteiger partial charge is 0.493 e. The van der Waals surface area contributed by atoms with Gasteiger partial charge >= 0.3 is 5.97 Å². The number of benzene rings is 1. The molecule has 1 aromatic carbocycles. The van der Waals surface area contributed by atoms with Gasteiger partial charge in [-0.1, -0.05) is 0 Å². The lowest BCUT2D eigenvalue weighted by atomic mass is 10.1. The molecule has 1 fully saturated rings. The van der Waals surface area contributed by atoms with Gasteiger partial charge in [-0.2, -0.15) is 0 Å². The molecule has 0 unspecified atom stereocenters. The topological polar surface area (TPSA) is 68.3 Å². The summed E-state index contributed by atoms with van der Waals surface area (Å²) in [6.45, 7) is 2.27. The van der Waals surface area contributed by atoms with E-state index < -0.39 is 5.97 Å². The van der Waals surface area contributed by atoms with Gasteiger partial charge in [-0.25, -0.2) is 0 Å². The Hall–Kier alpha value is -1.88. The highest BCUT2D eigenvalue weighted by molar-refractivity contribution is 14.1. The van der Waals surface area contributed by atoms with Crippen LogP contribution in [-0.2, 0) is 14.3 Å². The minimum atomic E-state index is -0.486. The molecule has 1 aromatic rings. The Morgan fingerprint density at radius 1 is 1.35 bits per heavy atom. The van der Waals surface area contributed by atoms with Gasteiger partial charge < -0.3 is 19.1 Å². The fraction of sp³-hybridized carbons (Fsp3) is 0.353. The van der Waals surface area contributed by atoms with Gasteiger partial charge in [0.1, 0.15) is 12.2 Å². The summed E-state index contributed by atoms with van der Waals surface area (Å²) in [4.78, 5) is 27.0. The number of likely N-dealkylation sites (N-methyl/N-ethyl adjacent to an activating group) is 1. The van der Waals surface area contributed by atoms with Crippen molar-refractivity contribution in [2.24, 2.45) is 0 Å². The zero-order chi connectivity index (χ0) is 19.4. The highest BCUT2D eigenvalue weighted by Gasteiger charge is 2.36. The lowest BCUT2D eigenvalue weighted by Gasteiger charge is -2.17. The number of hydrogen-bond donors (Lipinski definition) is 0. The summed E-state index contributed by atoms with van der Waals surface area (Å²) in [5.41, 5.74) is 1.02. The first kappa shape index (κ1) is 20.4. The Bertz CT molecular complexity index is 781. The van der Waals surface area contributed by atoms with Crippen LogP contribution in [0.2, 0.25) is 0 Å². The number of carbonyl (C=O) groups is 2. The molecule has 1 aliphatic rings. The van der Waals surface area contributed by atoms with Crippen molar-refractivity contribution in [1.29, 1.82) is 0 Å². The van der Waals surface area contributed by atoms with Crippen molar-refractivity contribution in [2.45, 2.75) is 6.92 Å². The Labute approximate surface area is 171 Å². The van der Waals surface area contributed by atoms with Crippen LogP contribution in [0.4, 0.5) is 0 Å². The van der Waals surface area contributed by atoms with Gasteiger partial charge in [0.2, 0.25) is 0 Å². The average Bonchev–Trinajstić information content (AvgIpc) is 2.81. The molecule has 1 amide bonds. The first-order chi connectivity index (χ1) is 12.3. The molecule has 0 spiro atoms. The number of halogens is 1. The van der Waals surface area contributed by atoms with Crippen molar-refractivity contribution < 1.29 is 23.8 Å². The second-order valence-electron chi connectivity index (χ2n) is 5.31. The first-order valence-corrected chi connectivity index (χ1v) is 9.21. The summed E-state index contributed by atoms with van der Waals surface area (Å²) >= 11 is 7.41. The van der Waals surface area contributed by atoms with Crippen LogP contribution < -0.4 is 9.47 Å². The third kappa shape index (κ3) is 4.09. The molecule has 0 N–H and O–H groups in total. The van der Waals surface area contributed by atoms with E-state index in [0.29, 0.717) is 23.8 Å². The van der Waals surface area contributed by atoms with Gasteiger partial charge in [-0.3, -0.25) is 14.5 Å². The van der Waals surface area contributed by atoms with Crippen molar-refractivity contribution in [2.75, 3.05) is 34.4 Å². The summed E-state index contributed by atoms with van der Waals surface area (Å²) in [5, 5.41) is 0.249. The molecule has 0 bridgehead atoms. The first-order valence-electron chi connectivity index (χ1n) is 7.72. The minimum Gasteiger partial charge on any atom is -0.493 e. The van der Waals surface area contributed by atoms with Crippen molar-refractivity contribution >= 4 is 57.9 Å². The number of methoxy groups -OCH3 is 2. The SMILES string of the molecule is CCOc1c(I)cc(C=C2C(=O)N(C)C(=S)N2CC(=O)OC)cc1OC. The van der Waals surface area contributed by atoms with Gasteiger partial charge in [0.05, 0.1) is 24.4 Å². The van der Waals surface area contributed by atoms with Gasteiger partial charge in [0.15, 0.2) is 16.6 Å². The van der Waals surface area contributed by atoms with Crippen LogP contribution in [0.15, 0.2) is 17.8 Å². The minimum absolute atomic E-state index is 0.136. The van der Waals surface area contributed by atoms with E-state index >= 15 is 0 Å². The molecular weight excluding hydrogens is 471 g/mol. The number of ether oxygens (including phenoxy) is 3. The number of esters is 1. The van der Waals surface area contributed by atoms with Gasteiger partial charge in [-0.15, -0.1) is 0 Å². The van der Waals surface area contributed by atoms with E-state index in [0.717, 1.165) is 9.13 Å². The maximum absolute atomic E-state index is 12.5. The molecule has 9 heteroatoms. The van der Waals surface area contributed by atoms with Crippen LogP contribution in [-0.4, -0.2) is 61.2 Å². The molecule has 7 nitrogen and oxygen atoms in total. The number of thiocarbonyl (C=S) groups is 1. The number of amides is 1. The summed E-state index contributed by atoms with van der Waals surface area (Å²) in [7, 11) is 4.41. The molecular formula is C17H19IN2O5S. The lowest BCUT2D eigenvalue weighted by molar-refractivity contribution is -0.140. The third-order valence-electron chi connectivity index (χ3n) is 3.69. The van der Waals surface area contributed by atoms with Gasteiger partial charge in [0.25, 0.3) is 5.91 Å². The van der Waals surface area contributed by atoms with Crippen LogP contribution in [0.1, 0.15) is 12.5 Å². The Kier molecular flexibility index (Phi) is 6.81. The van der Waals surface area contributed by atoms with E-state index in [-0.39, 0.29) is 17.6 Å². The molecule has 0 atom stereocenters. The predicted molar refractivity (Wildman–Crippen MR) is 109 cm³/mol. The van der Waals surface area contributed by atoms with E-state index in [4.69, 9.17) is 26.4 Å². The van der Waals surface area contributed by atoms with E-state index in [9.17, 15) is 9.59 Å². The van der Waals surface area contributed by atoms with Gasteiger partial charge in [-0.05, 0) is 65.5 Å². The number of nitrogens with zero attached hydrogens (tertiary/aromatic N) is 2. The van der Waals surface area contributed by atoms with Crippen LogP contribution in [0.3, 0.4) is 0 Å². The maximum Gasteiger partial charge on any atom is 0.325 e. The van der Waals surface area contributed by atoms with Crippen molar-refractivity contribution in [1.82, 2.24) is 9.80 Å². The zero-order valence-corrected chi connectivity index (χ0v) is 17.8. The molecule has 1 heterocycles.